The zero-order valence-electron chi connectivity index (χ0n) is 10.1. The molecule has 2 rings (SSSR count). The smallest absolute Gasteiger partial charge is 0.187 e. The third-order valence-electron chi connectivity index (χ3n) is 2.72. The van der Waals surface area contributed by atoms with Crippen molar-refractivity contribution in [3.63, 3.8) is 0 Å². The summed E-state index contributed by atoms with van der Waals surface area (Å²) in [4.78, 5) is 12.2. The van der Waals surface area contributed by atoms with Gasteiger partial charge in [0.25, 0.3) is 0 Å². The molecule has 0 saturated carbocycles. The molecule has 1 aromatic carbocycles. The van der Waals surface area contributed by atoms with E-state index >= 15 is 0 Å². The molecule has 2 aromatic rings. The molecular weight excluding hydrogens is 296 g/mol. The number of ether oxygens (including phenoxy) is 1. The third-order valence-corrected chi connectivity index (χ3v) is 3.13. The van der Waals surface area contributed by atoms with Gasteiger partial charge in [0.15, 0.2) is 5.78 Å². The summed E-state index contributed by atoms with van der Waals surface area (Å²) in [6, 6.07) is 6.74. The second-order valence-corrected chi connectivity index (χ2v) is 4.82. The fourth-order valence-corrected chi connectivity index (χ4v) is 1.94. The number of nitrogens with zero attached hydrogens (tertiary/aromatic N) is 2. The number of ketones is 1. The van der Waals surface area contributed by atoms with Crippen LogP contribution in [0.15, 0.2) is 41.1 Å². The summed E-state index contributed by atoms with van der Waals surface area (Å²) in [7, 11) is 1.60. The molecule has 0 aliphatic rings. The van der Waals surface area contributed by atoms with Crippen LogP contribution in [0.2, 0.25) is 0 Å². The van der Waals surface area contributed by atoms with Gasteiger partial charge in [0.2, 0.25) is 0 Å². The topological polar surface area (TPSA) is 44.1 Å². The number of Topliss-reactive ketones (excluding diaryl/α,β-unsaturated/α-hetero) is 1. The highest BCUT2D eigenvalue weighted by Crippen LogP contribution is 2.18. The molecule has 0 fully saturated rings. The lowest BCUT2D eigenvalue weighted by molar-refractivity contribution is 0.0928. The van der Waals surface area contributed by atoms with Crippen molar-refractivity contribution in [1.29, 1.82) is 0 Å². The second-order valence-electron chi connectivity index (χ2n) is 3.91. The number of benzene rings is 1. The van der Waals surface area contributed by atoms with Gasteiger partial charge in [0.05, 0.1) is 17.8 Å². The van der Waals surface area contributed by atoms with Crippen molar-refractivity contribution >= 4 is 21.7 Å². The van der Waals surface area contributed by atoms with Gasteiger partial charge in [-0.3, -0.25) is 9.48 Å². The first-order chi connectivity index (χ1) is 8.61. The zero-order valence-corrected chi connectivity index (χ0v) is 11.7. The number of hydrogen-bond donors (Lipinski definition) is 0. The van der Waals surface area contributed by atoms with Gasteiger partial charge in [-0.15, -0.1) is 0 Å². The largest absolute Gasteiger partial charge is 0.497 e. The summed E-state index contributed by atoms with van der Waals surface area (Å²) in [6.45, 7) is 1.83. The minimum absolute atomic E-state index is 0.0215. The van der Waals surface area contributed by atoms with Crippen molar-refractivity contribution in [2.75, 3.05) is 7.11 Å². The van der Waals surface area contributed by atoms with Crippen LogP contribution in [-0.4, -0.2) is 22.7 Å². The highest BCUT2D eigenvalue weighted by molar-refractivity contribution is 9.10. The Kier molecular flexibility index (Phi) is 3.81. The lowest BCUT2D eigenvalue weighted by Gasteiger charge is -2.11. The Bertz CT molecular complexity index is 548. The molecule has 94 valence electrons. The number of carbonyl (C=O) groups excluding carboxylic acids is 1. The molecular formula is C13H13BrN2O2. The quantitative estimate of drug-likeness (QED) is 0.815. The van der Waals surface area contributed by atoms with Crippen LogP contribution < -0.4 is 4.74 Å². The minimum atomic E-state index is -0.329. The van der Waals surface area contributed by atoms with E-state index in [1.807, 2.05) is 6.92 Å². The van der Waals surface area contributed by atoms with E-state index in [1.165, 1.54) is 0 Å². The van der Waals surface area contributed by atoms with Crippen LogP contribution in [0.1, 0.15) is 23.3 Å². The predicted molar refractivity (Wildman–Crippen MR) is 72.0 cm³/mol. The lowest BCUT2D eigenvalue weighted by Crippen LogP contribution is -2.17. The van der Waals surface area contributed by atoms with Gasteiger partial charge in [-0.25, -0.2) is 0 Å². The highest BCUT2D eigenvalue weighted by Gasteiger charge is 2.17. The van der Waals surface area contributed by atoms with Crippen LogP contribution in [0.25, 0.3) is 0 Å². The average molecular weight is 309 g/mol. The molecule has 1 atom stereocenters. The van der Waals surface area contributed by atoms with E-state index in [2.05, 4.69) is 21.0 Å². The van der Waals surface area contributed by atoms with E-state index in [1.54, 1.807) is 48.5 Å². The summed E-state index contributed by atoms with van der Waals surface area (Å²) in [6.07, 6.45) is 3.45. The van der Waals surface area contributed by atoms with Crippen LogP contribution in [0.4, 0.5) is 0 Å². The standard InChI is InChI=1S/C13H13BrN2O2/c1-9(16-8-11(14)7-15-16)13(17)10-3-5-12(18-2)6-4-10/h3-9H,1-2H3. The zero-order chi connectivity index (χ0) is 13.1. The van der Waals surface area contributed by atoms with Crippen LogP contribution in [0.5, 0.6) is 5.75 Å². The molecule has 0 bridgehead atoms. The summed E-state index contributed by atoms with van der Waals surface area (Å²) < 4.78 is 7.56. The molecule has 0 aliphatic heterocycles. The van der Waals surface area contributed by atoms with Gasteiger partial charge in [0, 0.05) is 11.8 Å². The maximum absolute atomic E-state index is 12.2. The van der Waals surface area contributed by atoms with E-state index in [0.717, 1.165) is 10.2 Å². The molecule has 1 aromatic heterocycles. The van der Waals surface area contributed by atoms with Crippen molar-refractivity contribution in [3.8, 4) is 5.75 Å². The predicted octanol–water partition coefficient (Wildman–Crippen LogP) is 3.10. The van der Waals surface area contributed by atoms with Crippen molar-refractivity contribution < 1.29 is 9.53 Å². The average Bonchev–Trinajstić information content (AvgIpc) is 2.84. The fraction of sp³-hybridized carbons (Fsp3) is 0.231. The number of halogens is 1. The number of methoxy groups -OCH3 is 1. The Morgan fingerprint density at radius 2 is 2.06 bits per heavy atom. The molecule has 5 heteroatoms. The first-order valence-corrected chi connectivity index (χ1v) is 6.29. The van der Waals surface area contributed by atoms with Crippen molar-refractivity contribution in [2.45, 2.75) is 13.0 Å². The summed E-state index contributed by atoms with van der Waals surface area (Å²) in [5.41, 5.74) is 0.648. The van der Waals surface area contributed by atoms with E-state index in [4.69, 9.17) is 4.74 Å². The molecule has 4 nitrogen and oxygen atoms in total. The molecule has 1 unspecified atom stereocenters. The van der Waals surface area contributed by atoms with E-state index < -0.39 is 0 Å². The Morgan fingerprint density at radius 3 is 2.56 bits per heavy atom. The van der Waals surface area contributed by atoms with Gasteiger partial charge < -0.3 is 4.74 Å². The molecule has 0 spiro atoms. The van der Waals surface area contributed by atoms with Crippen molar-refractivity contribution in [2.24, 2.45) is 0 Å². The SMILES string of the molecule is COc1ccc(C(=O)C(C)n2cc(Br)cn2)cc1. The summed E-state index contributed by atoms with van der Waals surface area (Å²) >= 11 is 3.31. The van der Waals surface area contributed by atoms with Gasteiger partial charge in [-0.1, -0.05) is 0 Å². The van der Waals surface area contributed by atoms with Crippen LogP contribution in [0.3, 0.4) is 0 Å². The second kappa shape index (κ2) is 5.35. The first-order valence-electron chi connectivity index (χ1n) is 5.49. The van der Waals surface area contributed by atoms with Gasteiger partial charge >= 0.3 is 0 Å². The lowest BCUT2D eigenvalue weighted by atomic mass is 10.1. The molecule has 1 heterocycles. The number of carbonyl (C=O) groups is 1. The molecule has 18 heavy (non-hydrogen) atoms. The van der Waals surface area contributed by atoms with Gasteiger partial charge in [-0.2, -0.15) is 5.10 Å². The molecule has 0 radical (unpaired) electrons. The normalized spacial score (nSPS) is 12.2. The molecule has 0 saturated heterocycles. The van der Waals surface area contributed by atoms with E-state index in [0.29, 0.717) is 5.56 Å². The number of rotatable bonds is 4. The first kappa shape index (κ1) is 12.8. The van der Waals surface area contributed by atoms with Crippen LogP contribution in [0, 0.1) is 0 Å². The summed E-state index contributed by atoms with van der Waals surface area (Å²) in [5.74, 6) is 0.759. The Balaban J connectivity index is 2.19. The number of hydrogen-bond acceptors (Lipinski definition) is 3. The summed E-state index contributed by atoms with van der Waals surface area (Å²) in [5, 5.41) is 4.12. The van der Waals surface area contributed by atoms with Crippen LogP contribution in [-0.2, 0) is 0 Å². The van der Waals surface area contributed by atoms with Gasteiger partial charge in [-0.05, 0) is 47.1 Å². The maximum Gasteiger partial charge on any atom is 0.187 e. The molecule has 0 aliphatic carbocycles. The molecule has 0 amide bonds. The highest BCUT2D eigenvalue weighted by atomic mass is 79.9. The maximum atomic E-state index is 12.2. The third kappa shape index (κ3) is 2.61. The Hall–Kier alpha value is -1.62. The fourth-order valence-electron chi connectivity index (χ4n) is 1.64. The van der Waals surface area contributed by atoms with Gasteiger partial charge in [0.1, 0.15) is 11.8 Å². The van der Waals surface area contributed by atoms with E-state index in [9.17, 15) is 4.79 Å². The molecule has 0 N–H and O–H groups in total. The van der Waals surface area contributed by atoms with E-state index in [-0.39, 0.29) is 11.8 Å². The van der Waals surface area contributed by atoms with Crippen molar-refractivity contribution in [3.05, 3.63) is 46.7 Å². The van der Waals surface area contributed by atoms with Crippen LogP contribution >= 0.6 is 15.9 Å². The Labute approximate surface area is 114 Å². The number of aromatic nitrogens is 2. The minimum Gasteiger partial charge on any atom is -0.497 e. The van der Waals surface area contributed by atoms with Crippen molar-refractivity contribution in [1.82, 2.24) is 9.78 Å². The Morgan fingerprint density at radius 1 is 1.39 bits per heavy atom. The monoisotopic (exact) mass is 308 g/mol.